The summed E-state index contributed by atoms with van der Waals surface area (Å²) in [5.41, 5.74) is -1.57. The molecule has 1 fully saturated rings. The van der Waals surface area contributed by atoms with E-state index in [1.165, 1.54) is 0 Å². The molecule has 1 aromatic carbocycles. The molecule has 30 heavy (non-hydrogen) atoms. The van der Waals surface area contributed by atoms with Gasteiger partial charge in [0.05, 0.1) is 17.1 Å². The van der Waals surface area contributed by atoms with E-state index < -0.39 is 22.4 Å². The first kappa shape index (κ1) is 23.4. The number of nitro groups is 1. The quantitative estimate of drug-likeness (QED) is 0.293. The Bertz CT molecular complexity index is 777. The zero-order valence-corrected chi connectivity index (χ0v) is 16.5. The van der Waals surface area contributed by atoms with Crippen LogP contribution in [0.25, 0.3) is 0 Å². The number of hydrogen-bond acceptors (Lipinski definition) is 6. The van der Waals surface area contributed by atoms with Gasteiger partial charge in [0.2, 0.25) is 5.91 Å². The molecule has 11 heteroatoms. The van der Waals surface area contributed by atoms with Crippen LogP contribution < -0.4 is 10.2 Å². The number of nitrogens with one attached hydrogen (secondary N) is 1. The van der Waals surface area contributed by atoms with E-state index >= 15 is 0 Å². The van der Waals surface area contributed by atoms with Gasteiger partial charge in [-0.3, -0.25) is 19.7 Å². The van der Waals surface area contributed by atoms with Crippen molar-refractivity contribution in [2.24, 2.45) is 5.92 Å². The Balaban J connectivity index is 1.90. The van der Waals surface area contributed by atoms with E-state index in [4.69, 9.17) is 4.74 Å². The molecule has 8 nitrogen and oxygen atoms in total. The molecule has 0 saturated carbocycles. The molecular weight excluding hydrogens is 407 g/mol. The van der Waals surface area contributed by atoms with Crippen molar-refractivity contribution in [3.05, 3.63) is 33.9 Å². The number of nitro benzene ring substituents is 1. The number of alkyl halides is 3. The number of piperidine rings is 1. The highest BCUT2D eigenvalue weighted by atomic mass is 19.4. The van der Waals surface area contributed by atoms with Gasteiger partial charge in [-0.25, -0.2) is 0 Å². The lowest BCUT2D eigenvalue weighted by atomic mass is 9.95. The number of nitrogens with zero attached hydrogens (tertiary/aromatic N) is 2. The zero-order valence-electron chi connectivity index (χ0n) is 16.5. The van der Waals surface area contributed by atoms with Crippen LogP contribution in [0.3, 0.4) is 0 Å². The smallest absolute Gasteiger partial charge is 0.416 e. The summed E-state index contributed by atoms with van der Waals surface area (Å²) < 4.78 is 43.4. The van der Waals surface area contributed by atoms with Crippen molar-refractivity contribution in [1.82, 2.24) is 5.32 Å². The van der Waals surface area contributed by atoms with Gasteiger partial charge in [0.1, 0.15) is 5.69 Å². The first-order valence-corrected chi connectivity index (χ1v) is 9.67. The van der Waals surface area contributed by atoms with Gasteiger partial charge in [-0.05, 0) is 38.3 Å². The van der Waals surface area contributed by atoms with Crippen molar-refractivity contribution in [3.8, 4) is 0 Å². The molecule has 2 rings (SSSR count). The van der Waals surface area contributed by atoms with E-state index in [1.54, 1.807) is 11.8 Å². The molecule has 0 bridgehead atoms. The Labute approximate surface area is 171 Å². The minimum absolute atomic E-state index is 0.112. The van der Waals surface area contributed by atoms with Crippen LogP contribution in [-0.4, -0.2) is 43.0 Å². The first-order valence-electron chi connectivity index (χ1n) is 9.67. The molecular formula is C19H24F3N3O5. The molecule has 166 valence electrons. The molecule has 1 aromatic rings. The maximum absolute atomic E-state index is 12.8. The van der Waals surface area contributed by atoms with E-state index in [2.05, 4.69) is 5.32 Å². The van der Waals surface area contributed by atoms with Gasteiger partial charge < -0.3 is 15.0 Å². The van der Waals surface area contributed by atoms with Crippen molar-refractivity contribution in [2.45, 2.75) is 38.8 Å². The van der Waals surface area contributed by atoms with Crippen LogP contribution >= 0.6 is 0 Å². The van der Waals surface area contributed by atoms with Crippen molar-refractivity contribution >= 4 is 23.3 Å². The van der Waals surface area contributed by atoms with Gasteiger partial charge in [0.25, 0.3) is 5.69 Å². The van der Waals surface area contributed by atoms with E-state index in [9.17, 15) is 32.9 Å². The van der Waals surface area contributed by atoms with Gasteiger partial charge in [0.15, 0.2) is 0 Å². The largest absolute Gasteiger partial charge is 0.466 e. The standard InChI is InChI=1S/C19H24F3N3O5/c1-2-30-17(26)4-3-9-23-18(27)13-7-10-24(11-8-13)15-6-5-14(19(20,21)22)12-16(15)25(28)29/h5-6,12-13H,2-4,7-11H2,1H3,(H,23,27). The van der Waals surface area contributed by atoms with Crippen LogP contribution in [0, 0.1) is 16.0 Å². The molecule has 1 heterocycles. The lowest BCUT2D eigenvalue weighted by Crippen LogP contribution is -2.41. The SMILES string of the molecule is CCOC(=O)CCCNC(=O)C1CCN(c2ccc(C(F)(F)F)cc2[N+](=O)[O-])CC1. The topological polar surface area (TPSA) is 102 Å². The summed E-state index contributed by atoms with van der Waals surface area (Å²) in [6.45, 7) is 2.98. The Kier molecular flexibility index (Phi) is 8.01. The number of hydrogen-bond donors (Lipinski definition) is 1. The van der Waals surface area contributed by atoms with Crippen LogP contribution in [0.15, 0.2) is 18.2 Å². The third-order valence-electron chi connectivity index (χ3n) is 4.87. The highest BCUT2D eigenvalue weighted by Gasteiger charge is 2.34. The van der Waals surface area contributed by atoms with E-state index in [1.807, 2.05) is 0 Å². The fourth-order valence-electron chi connectivity index (χ4n) is 3.32. The van der Waals surface area contributed by atoms with Crippen LogP contribution in [0.5, 0.6) is 0 Å². The van der Waals surface area contributed by atoms with Crippen molar-refractivity contribution in [2.75, 3.05) is 31.1 Å². The summed E-state index contributed by atoms with van der Waals surface area (Å²) in [6, 6.07) is 2.47. The minimum Gasteiger partial charge on any atom is -0.466 e. The number of ether oxygens (including phenoxy) is 1. The molecule has 1 saturated heterocycles. The predicted octanol–water partition coefficient (Wildman–Crippen LogP) is 3.29. The predicted molar refractivity (Wildman–Crippen MR) is 102 cm³/mol. The first-order chi connectivity index (χ1) is 14.1. The van der Waals surface area contributed by atoms with Crippen LogP contribution in [0.2, 0.25) is 0 Å². The van der Waals surface area contributed by atoms with Crippen molar-refractivity contribution in [3.63, 3.8) is 0 Å². The molecule has 0 radical (unpaired) electrons. The average Bonchev–Trinajstić information content (AvgIpc) is 2.70. The average molecular weight is 431 g/mol. The zero-order chi connectivity index (χ0) is 22.3. The van der Waals surface area contributed by atoms with E-state index in [0.717, 1.165) is 12.1 Å². The van der Waals surface area contributed by atoms with Crippen LogP contribution in [-0.2, 0) is 20.5 Å². The second-order valence-electron chi connectivity index (χ2n) is 6.92. The summed E-state index contributed by atoms with van der Waals surface area (Å²) in [4.78, 5) is 35.6. The summed E-state index contributed by atoms with van der Waals surface area (Å²) in [6.07, 6.45) is -3.16. The molecule has 1 aliphatic rings. The minimum atomic E-state index is -4.67. The summed E-state index contributed by atoms with van der Waals surface area (Å²) in [5, 5.41) is 14.0. The van der Waals surface area contributed by atoms with E-state index in [-0.39, 0.29) is 29.9 Å². The molecule has 0 unspecified atom stereocenters. The molecule has 1 amide bonds. The fraction of sp³-hybridized carbons (Fsp3) is 0.579. The lowest BCUT2D eigenvalue weighted by molar-refractivity contribution is -0.384. The summed E-state index contributed by atoms with van der Waals surface area (Å²) >= 11 is 0. The molecule has 1 aliphatic heterocycles. The molecule has 0 spiro atoms. The molecule has 0 aliphatic carbocycles. The summed E-state index contributed by atoms with van der Waals surface area (Å²) in [5.74, 6) is -0.782. The number of amides is 1. The Morgan fingerprint density at radius 3 is 2.53 bits per heavy atom. The summed E-state index contributed by atoms with van der Waals surface area (Å²) in [7, 11) is 0. The van der Waals surface area contributed by atoms with E-state index in [0.29, 0.717) is 51.6 Å². The van der Waals surface area contributed by atoms with Crippen LogP contribution in [0.1, 0.15) is 38.2 Å². The number of esters is 1. The highest BCUT2D eigenvalue weighted by molar-refractivity contribution is 5.79. The highest BCUT2D eigenvalue weighted by Crippen LogP contribution is 2.37. The Morgan fingerprint density at radius 2 is 1.97 bits per heavy atom. The third-order valence-corrected chi connectivity index (χ3v) is 4.87. The number of benzene rings is 1. The number of carbonyl (C=O) groups excluding carboxylic acids is 2. The number of halogens is 3. The maximum atomic E-state index is 12.8. The molecule has 0 aromatic heterocycles. The second-order valence-corrected chi connectivity index (χ2v) is 6.92. The fourth-order valence-corrected chi connectivity index (χ4v) is 3.32. The normalized spacial score (nSPS) is 15.0. The van der Waals surface area contributed by atoms with Crippen molar-refractivity contribution in [1.29, 1.82) is 0 Å². The Morgan fingerprint density at radius 1 is 1.30 bits per heavy atom. The maximum Gasteiger partial charge on any atom is 0.416 e. The lowest BCUT2D eigenvalue weighted by Gasteiger charge is -2.32. The van der Waals surface area contributed by atoms with Gasteiger partial charge in [-0.1, -0.05) is 0 Å². The number of rotatable bonds is 8. The molecule has 1 N–H and O–H groups in total. The monoisotopic (exact) mass is 431 g/mol. The van der Waals surface area contributed by atoms with Gasteiger partial charge in [-0.2, -0.15) is 13.2 Å². The van der Waals surface area contributed by atoms with Gasteiger partial charge >= 0.3 is 12.1 Å². The molecule has 0 atom stereocenters. The number of anilines is 1. The van der Waals surface area contributed by atoms with Gasteiger partial charge in [0, 0.05) is 38.0 Å². The number of carbonyl (C=O) groups is 2. The Hall–Kier alpha value is -2.85. The third kappa shape index (κ3) is 6.33. The van der Waals surface area contributed by atoms with Gasteiger partial charge in [-0.15, -0.1) is 0 Å². The second kappa shape index (κ2) is 10.3. The van der Waals surface area contributed by atoms with Crippen LogP contribution in [0.4, 0.5) is 24.5 Å². The van der Waals surface area contributed by atoms with Crippen molar-refractivity contribution < 1.29 is 32.4 Å².